The lowest BCUT2D eigenvalue weighted by Crippen LogP contribution is -2.31. The van der Waals surface area contributed by atoms with E-state index in [0.29, 0.717) is 0 Å². The van der Waals surface area contributed by atoms with Gasteiger partial charge in [-0.25, -0.2) is 17.6 Å². The topological polar surface area (TPSA) is 63.7 Å². The number of benzene rings is 1. The molecular formula is C12H13ClFNO4S. The highest BCUT2D eigenvalue weighted by molar-refractivity contribution is 8.14. The van der Waals surface area contributed by atoms with Crippen molar-refractivity contribution in [2.75, 3.05) is 13.1 Å². The molecule has 1 aromatic rings. The molecule has 2 unspecified atom stereocenters. The van der Waals surface area contributed by atoms with Crippen LogP contribution in [0, 0.1) is 0 Å². The molecule has 1 aliphatic rings. The molecule has 5 nitrogen and oxygen atoms in total. The van der Waals surface area contributed by atoms with Gasteiger partial charge in [0.15, 0.2) is 0 Å². The largest absolute Gasteiger partial charge is 0.445 e. The number of hydrogen-bond acceptors (Lipinski definition) is 4. The second kappa shape index (κ2) is 5.97. The second-order valence-electron chi connectivity index (χ2n) is 4.48. The van der Waals surface area contributed by atoms with E-state index < -0.39 is 26.6 Å². The molecule has 0 bridgehead atoms. The van der Waals surface area contributed by atoms with Crippen LogP contribution in [0.25, 0.3) is 0 Å². The van der Waals surface area contributed by atoms with Gasteiger partial charge in [-0.15, -0.1) is 0 Å². The lowest BCUT2D eigenvalue weighted by Gasteiger charge is -2.15. The second-order valence-corrected chi connectivity index (χ2v) is 7.32. The normalized spacial score (nSPS) is 22.8. The Balaban J connectivity index is 1.91. The van der Waals surface area contributed by atoms with E-state index in [1.165, 1.54) is 0 Å². The highest BCUT2D eigenvalue weighted by Crippen LogP contribution is 2.23. The van der Waals surface area contributed by atoms with Crippen molar-refractivity contribution in [3.63, 3.8) is 0 Å². The van der Waals surface area contributed by atoms with Gasteiger partial charge in [0, 0.05) is 17.2 Å². The van der Waals surface area contributed by atoms with E-state index >= 15 is 0 Å². The van der Waals surface area contributed by atoms with Crippen molar-refractivity contribution in [2.45, 2.75) is 18.0 Å². The van der Waals surface area contributed by atoms with Crippen molar-refractivity contribution >= 4 is 25.8 Å². The molecule has 8 heteroatoms. The van der Waals surface area contributed by atoms with Gasteiger partial charge in [0.25, 0.3) is 0 Å². The van der Waals surface area contributed by atoms with Crippen molar-refractivity contribution < 1.29 is 22.3 Å². The van der Waals surface area contributed by atoms with Crippen molar-refractivity contribution in [1.82, 2.24) is 4.90 Å². The summed E-state index contributed by atoms with van der Waals surface area (Å²) in [5, 5.41) is -1.39. The summed E-state index contributed by atoms with van der Waals surface area (Å²) in [5.41, 5.74) is 0.790. The van der Waals surface area contributed by atoms with E-state index in [0.717, 1.165) is 10.5 Å². The predicted octanol–water partition coefficient (Wildman–Crippen LogP) is 1.91. The van der Waals surface area contributed by atoms with Crippen molar-refractivity contribution in [1.29, 1.82) is 0 Å². The zero-order valence-corrected chi connectivity index (χ0v) is 12.0. The number of alkyl halides is 1. The quantitative estimate of drug-likeness (QED) is 0.798. The fourth-order valence-corrected chi connectivity index (χ4v) is 3.26. The maximum Gasteiger partial charge on any atom is 0.410 e. The van der Waals surface area contributed by atoms with Crippen LogP contribution in [-0.2, 0) is 20.4 Å². The Kier molecular flexibility index (Phi) is 4.49. The summed E-state index contributed by atoms with van der Waals surface area (Å²) in [6.07, 6.45) is -2.44. The van der Waals surface area contributed by atoms with Gasteiger partial charge >= 0.3 is 6.09 Å². The summed E-state index contributed by atoms with van der Waals surface area (Å²) in [7, 11) is 1.09. The summed E-state index contributed by atoms with van der Waals surface area (Å²) in [4.78, 5) is 12.7. The number of rotatable bonds is 3. The molecule has 0 spiro atoms. The van der Waals surface area contributed by atoms with Gasteiger partial charge in [-0.2, -0.15) is 0 Å². The number of halogens is 2. The number of carbonyl (C=O) groups excluding carboxylic acids is 1. The summed E-state index contributed by atoms with van der Waals surface area (Å²) in [6, 6.07) is 8.98. The number of amides is 1. The first-order valence-electron chi connectivity index (χ1n) is 5.91. The van der Waals surface area contributed by atoms with Gasteiger partial charge in [0.05, 0.1) is 6.54 Å². The molecule has 0 N–H and O–H groups in total. The number of nitrogens with zero attached hydrogens (tertiary/aromatic N) is 1. The van der Waals surface area contributed by atoms with Crippen molar-refractivity contribution in [3.8, 4) is 0 Å². The Morgan fingerprint density at radius 3 is 2.55 bits per heavy atom. The minimum atomic E-state index is -4.04. The Morgan fingerprint density at radius 1 is 1.35 bits per heavy atom. The number of carbonyl (C=O) groups is 1. The third-order valence-corrected chi connectivity index (χ3v) is 4.88. The average molecular weight is 322 g/mol. The van der Waals surface area contributed by atoms with E-state index in [4.69, 9.17) is 15.4 Å². The van der Waals surface area contributed by atoms with E-state index in [2.05, 4.69) is 0 Å². The molecule has 1 saturated heterocycles. The van der Waals surface area contributed by atoms with Crippen LogP contribution >= 0.6 is 10.7 Å². The van der Waals surface area contributed by atoms with Crippen LogP contribution < -0.4 is 0 Å². The third kappa shape index (κ3) is 3.61. The fraction of sp³-hybridized carbons (Fsp3) is 0.417. The minimum absolute atomic E-state index is 0.0470. The first kappa shape index (κ1) is 15.1. The summed E-state index contributed by atoms with van der Waals surface area (Å²) < 4.78 is 40.8. The molecular weight excluding hydrogens is 309 g/mol. The van der Waals surface area contributed by atoms with Gasteiger partial charge in [-0.3, -0.25) is 0 Å². The van der Waals surface area contributed by atoms with Crippen molar-refractivity contribution in [2.24, 2.45) is 0 Å². The molecule has 0 aliphatic carbocycles. The van der Waals surface area contributed by atoms with Crippen LogP contribution in [-0.4, -0.2) is 43.9 Å². The van der Waals surface area contributed by atoms with E-state index in [-0.39, 0.29) is 19.7 Å². The molecule has 0 aromatic heterocycles. The Hall–Kier alpha value is -1.34. The lowest BCUT2D eigenvalue weighted by atomic mass is 10.2. The van der Waals surface area contributed by atoms with Crippen LogP contribution in [0.2, 0.25) is 0 Å². The van der Waals surface area contributed by atoms with Crippen LogP contribution in [0.4, 0.5) is 9.18 Å². The first-order valence-corrected chi connectivity index (χ1v) is 8.28. The predicted molar refractivity (Wildman–Crippen MR) is 71.7 cm³/mol. The summed E-state index contributed by atoms with van der Waals surface area (Å²) >= 11 is 0. The molecule has 1 fully saturated rings. The SMILES string of the molecule is O=C(OCc1ccccc1)N1CC(F)C(S(=O)(=O)Cl)C1. The zero-order valence-electron chi connectivity index (χ0n) is 10.4. The lowest BCUT2D eigenvalue weighted by molar-refractivity contribution is 0.102. The average Bonchev–Trinajstić information content (AvgIpc) is 2.79. The highest BCUT2D eigenvalue weighted by atomic mass is 35.7. The van der Waals surface area contributed by atoms with Crippen molar-refractivity contribution in [3.05, 3.63) is 35.9 Å². The van der Waals surface area contributed by atoms with E-state index in [1.54, 1.807) is 24.3 Å². The standard InChI is InChI=1S/C12H13ClFNO4S/c13-20(17,18)11-7-15(6-10(11)14)12(16)19-8-9-4-2-1-3-5-9/h1-5,10-11H,6-8H2. The highest BCUT2D eigenvalue weighted by Gasteiger charge is 2.43. The Bertz CT molecular complexity index is 580. The molecule has 2 rings (SSSR count). The zero-order chi connectivity index (χ0) is 14.8. The van der Waals surface area contributed by atoms with E-state index in [9.17, 15) is 17.6 Å². The maximum absolute atomic E-state index is 13.5. The first-order chi connectivity index (χ1) is 9.38. The Morgan fingerprint density at radius 2 is 2.00 bits per heavy atom. The van der Waals surface area contributed by atoms with E-state index in [1.807, 2.05) is 6.07 Å². The van der Waals surface area contributed by atoms with Gasteiger partial charge < -0.3 is 9.64 Å². The molecule has 0 saturated carbocycles. The van der Waals surface area contributed by atoms with Crippen LogP contribution in [0.5, 0.6) is 0 Å². The molecule has 110 valence electrons. The number of hydrogen-bond donors (Lipinski definition) is 0. The fourth-order valence-electron chi connectivity index (χ4n) is 1.96. The van der Waals surface area contributed by atoms with Gasteiger partial charge in [-0.1, -0.05) is 30.3 Å². The molecule has 1 aliphatic heterocycles. The smallest absolute Gasteiger partial charge is 0.410 e. The molecule has 2 atom stereocenters. The van der Waals surface area contributed by atoms with Crippen LogP contribution in [0.1, 0.15) is 5.56 Å². The minimum Gasteiger partial charge on any atom is -0.445 e. The Labute approximate surface area is 120 Å². The molecule has 1 heterocycles. The van der Waals surface area contributed by atoms with Gasteiger partial charge in [0.1, 0.15) is 18.0 Å². The maximum atomic E-state index is 13.5. The molecule has 0 radical (unpaired) electrons. The molecule has 1 amide bonds. The number of likely N-dealkylation sites (tertiary alicyclic amines) is 1. The van der Waals surface area contributed by atoms with Gasteiger partial charge in [-0.05, 0) is 5.56 Å². The third-order valence-electron chi connectivity index (χ3n) is 3.02. The molecule has 20 heavy (non-hydrogen) atoms. The summed E-state index contributed by atoms with van der Waals surface area (Å²) in [6.45, 7) is -0.573. The molecule has 1 aromatic carbocycles. The van der Waals surface area contributed by atoms with Gasteiger partial charge in [0.2, 0.25) is 9.05 Å². The van der Waals surface area contributed by atoms with Crippen LogP contribution in [0.15, 0.2) is 30.3 Å². The number of ether oxygens (including phenoxy) is 1. The summed E-state index contributed by atoms with van der Waals surface area (Å²) in [5.74, 6) is 0. The monoisotopic (exact) mass is 321 g/mol. The van der Waals surface area contributed by atoms with Crippen LogP contribution in [0.3, 0.4) is 0 Å².